The molecule has 1 heterocycles. The molecule has 5 heteroatoms. The SMILES string of the molecule is COC(=O)CCC1=CCCc2c(OCCc3nc(-c4ccc5c(c4)CCC5)oc3C)cccc21. The van der Waals surface area contributed by atoms with E-state index in [2.05, 4.69) is 30.3 Å². The van der Waals surface area contributed by atoms with E-state index in [1.54, 1.807) is 0 Å². The molecule has 0 aliphatic heterocycles. The van der Waals surface area contributed by atoms with E-state index in [0.29, 0.717) is 31.8 Å². The third kappa shape index (κ3) is 4.65. The molecule has 5 rings (SSSR count). The minimum atomic E-state index is -0.178. The highest BCUT2D eigenvalue weighted by Crippen LogP contribution is 2.35. The third-order valence-electron chi connectivity index (χ3n) is 6.92. The summed E-state index contributed by atoms with van der Waals surface area (Å²) in [6, 6.07) is 12.8. The third-order valence-corrected chi connectivity index (χ3v) is 6.92. The fourth-order valence-electron chi connectivity index (χ4n) is 5.08. The predicted octanol–water partition coefficient (Wildman–Crippen LogP) is 6.04. The topological polar surface area (TPSA) is 61.6 Å². The number of carbonyl (C=O) groups excluding carboxylic acids is 1. The van der Waals surface area contributed by atoms with E-state index < -0.39 is 0 Å². The van der Waals surface area contributed by atoms with Crippen LogP contribution in [0.15, 0.2) is 46.9 Å². The van der Waals surface area contributed by atoms with Gasteiger partial charge in [0.25, 0.3) is 0 Å². The van der Waals surface area contributed by atoms with Crippen LogP contribution in [0.3, 0.4) is 0 Å². The van der Waals surface area contributed by atoms with E-state index in [0.717, 1.165) is 42.0 Å². The number of fused-ring (bicyclic) bond motifs is 2. The van der Waals surface area contributed by atoms with Gasteiger partial charge in [-0.2, -0.15) is 0 Å². The van der Waals surface area contributed by atoms with E-state index in [9.17, 15) is 4.79 Å². The summed E-state index contributed by atoms with van der Waals surface area (Å²) in [4.78, 5) is 16.4. The van der Waals surface area contributed by atoms with Crippen molar-refractivity contribution in [1.29, 1.82) is 0 Å². The Kier molecular flexibility index (Phi) is 6.52. The lowest BCUT2D eigenvalue weighted by atomic mass is 9.88. The maximum absolute atomic E-state index is 11.6. The lowest BCUT2D eigenvalue weighted by Gasteiger charge is -2.21. The number of esters is 1. The highest BCUT2D eigenvalue weighted by molar-refractivity contribution is 5.77. The number of hydrogen-bond donors (Lipinski definition) is 0. The van der Waals surface area contributed by atoms with Gasteiger partial charge in [0.15, 0.2) is 0 Å². The first-order chi connectivity index (χ1) is 16.6. The predicted molar refractivity (Wildman–Crippen MR) is 132 cm³/mol. The Morgan fingerprint density at radius 1 is 1.09 bits per heavy atom. The Bertz CT molecular complexity index is 1240. The summed E-state index contributed by atoms with van der Waals surface area (Å²) in [6.45, 7) is 2.51. The fraction of sp³-hybridized carbons (Fsp3) is 0.379. The van der Waals surface area contributed by atoms with Crippen LogP contribution < -0.4 is 4.74 Å². The Labute approximate surface area is 200 Å². The number of aromatic nitrogens is 1. The number of benzene rings is 2. The molecule has 0 radical (unpaired) electrons. The van der Waals surface area contributed by atoms with Gasteiger partial charge in [0.1, 0.15) is 11.5 Å². The van der Waals surface area contributed by atoms with Crippen LogP contribution in [0.4, 0.5) is 0 Å². The highest BCUT2D eigenvalue weighted by atomic mass is 16.5. The van der Waals surface area contributed by atoms with Gasteiger partial charge in [0, 0.05) is 24.0 Å². The van der Waals surface area contributed by atoms with Gasteiger partial charge >= 0.3 is 5.97 Å². The van der Waals surface area contributed by atoms with Crippen molar-refractivity contribution in [2.24, 2.45) is 0 Å². The number of oxazole rings is 1. The molecule has 176 valence electrons. The monoisotopic (exact) mass is 457 g/mol. The van der Waals surface area contributed by atoms with Crippen molar-refractivity contribution < 1.29 is 18.7 Å². The molecule has 34 heavy (non-hydrogen) atoms. The van der Waals surface area contributed by atoms with Crippen molar-refractivity contribution in [3.8, 4) is 17.2 Å². The maximum Gasteiger partial charge on any atom is 0.305 e. The summed E-state index contributed by atoms with van der Waals surface area (Å²) >= 11 is 0. The summed E-state index contributed by atoms with van der Waals surface area (Å²) in [5, 5.41) is 0. The summed E-state index contributed by atoms with van der Waals surface area (Å²) < 4.78 is 17.0. The van der Waals surface area contributed by atoms with E-state index in [1.165, 1.54) is 47.8 Å². The van der Waals surface area contributed by atoms with Crippen LogP contribution in [-0.4, -0.2) is 24.7 Å². The van der Waals surface area contributed by atoms with Crippen LogP contribution in [-0.2, 0) is 35.2 Å². The molecule has 3 aromatic rings. The van der Waals surface area contributed by atoms with E-state index in [4.69, 9.17) is 18.9 Å². The van der Waals surface area contributed by atoms with Crippen LogP contribution in [0.25, 0.3) is 17.0 Å². The minimum absolute atomic E-state index is 0.178. The van der Waals surface area contributed by atoms with Gasteiger partial charge in [-0.05, 0) is 85.9 Å². The van der Waals surface area contributed by atoms with E-state index in [-0.39, 0.29) is 5.97 Å². The number of rotatable bonds is 8. The van der Waals surface area contributed by atoms with E-state index >= 15 is 0 Å². The summed E-state index contributed by atoms with van der Waals surface area (Å²) in [5.74, 6) is 2.28. The first-order valence-corrected chi connectivity index (χ1v) is 12.2. The summed E-state index contributed by atoms with van der Waals surface area (Å²) in [6.07, 6.45) is 9.45. The standard InChI is InChI=1S/C29H31NO4/c1-19-26(30-29(34-19)23-13-12-20-6-3-8-22(20)18-23)16-17-33-27-11-5-9-24-21(7-4-10-25(24)27)14-15-28(31)32-2/h5,7,9,11-13,18H,3-4,6,8,10,14-17H2,1-2H3. The molecule has 0 atom stereocenters. The van der Waals surface area contributed by atoms with Crippen LogP contribution in [0.1, 0.15) is 59.4 Å². The highest BCUT2D eigenvalue weighted by Gasteiger charge is 2.19. The van der Waals surface area contributed by atoms with Crippen LogP contribution in [0, 0.1) is 6.92 Å². The number of allylic oxidation sites excluding steroid dienone is 2. The molecule has 0 amide bonds. The van der Waals surface area contributed by atoms with Crippen molar-refractivity contribution in [3.05, 3.63) is 76.2 Å². The molecule has 2 aliphatic carbocycles. The quantitative estimate of drug-likeness (QED) is 0.386. The summed E-state index contributed by atoms with van der Waals surface area (Å²) in [7, 11) is 1.43. The molecule has 0 unspecified atom stereocenters. The van der Waals surface area contributed by atoms with Crippen molar-refractivity contribution >= 4 is 11.5 Å². The zero-order valence-electron chi connectivity index (χ0n) is 20.0. The summed E-state index contributed by atoms with van der Waals surface area (Å²) in [5.41, 5.74) is 8.48. The molecule has 0 fully saturated rings. The van der Waals surface area contributed by atoms with Crippen molar-refractivity contribution in [2.45, 2.75) is 58.3 Å². The maximum atomic E-state index is 11.6. The molecular weight excluding hydrogens is 426 g/mol. The number of ether oxygens (including phenoxy) is 2. The second kappa shape index (κ2) is 9.88. The molecule has 0 saturated carbocycles. The number of methoxy groups -OCH3 is 1. The van der Waals surface area contributed by atoms with Gasteiger partial charge in [-0.15, -0.1) is 0 Å². The Morgan fingerprint density at radius 3 is 2.85 bits per heavy atom. The number of hydrogen-bond acceptors (Lipinski definition) is 5. The lowest BCUT2D eigenvalue weighted by Crippen LogP contribution is -2.08. The van der Waals surface area contributed by atoms with Crippen molar-refractivity contribution in [3.63, 3.8) is 0 Å². The number of nitrogens with zero attached hydrogens (tertiary/aromatic N) is 1. The Balaban J connectivity index is 1.25. The zero-order valence-corrected chi connectivity index (χ0v) is 20.0. The van der Waals surface area contributed by atoms with Gasteiger partial charge in [0.2, 0.25) is 5.89 Å². The van der Waals surface area contributed by atoms with Crippen molar-refractivity contribution in [1.82, 2.24) is 4.98 Å². The second-order valence-corrected chi connectivity index (χ2v) is 9.08. The van der Waals surface area contributed by atoms with Gasteiger partial charge in [0.05, 0.1) is 19.4 Å². The molecule has 5 nitrogen and oxygen atoms in total. The molecule has 0 saturated heterocycles. The van der Waals surface area contributed by atoms with Gasteiger partial charge in [-0.3, -0.25) is 4.79 Å². The lowest BCUT2D eigenvalue weighted by molar-refractivity contribution is -0.140. The zero-order chi connectivity index (χ0) is 23.5. The Morgan fingerprint density at radius 2 is 1.97 bits per heavy atom. The smallest absolute Gasteiger partial charge is 0.305 e. The van der Waals surface area contributed by atoms with E-state index in [1.807, 2.05) is 19.1 Å². The van der Waals surface area contributed by atoms with Crippen LogP contribution >= 0.6 is 0 Å². The average molecular weight is 458 g/mol. The molecule has 0 bridgehead atoms. The first kappa shape index (κ1) is 22.5. The molecular formula is C29H31NO4. The number of carbonyl (C=O) groups is 1. The normalized spacial score (nSPS) is 14.4. The van der Waals surface area contributed by atoms with Gasteiger partial charge in [-0.1, -0.05) is 24.3 Å². The van der Waals surface area contributed by atoms with Gasteiger partial charge in [-0.25, -0.2) is 4.98 Å². The van der Waals surface area contributed by atoms with Crippen LogP contribution in [0.2, 0.25) is 0 Å². The molecule has 0 spiro atoms. The second-order valence-electron chi connectivity index (χ2n) is 9.08. The molecule has 0 N–H and O–H groups in total. The molecule has 2 aliphatic rings. The minimum Gasteiger partial charge on any atom is -0.493 e. The largest absolute Gasteiger partial charge is 0.493 e. The van der Waals surface area contributed by atoms with Crippen LogP contribution in [0.5, 0.6) is 5.75 Å². The van der Waals surface area contributed by atoms with Crippen molar-refractivity contribution in [2.75, 3.05) is 13.7 Å². The fourth-order valence-corrected chi connectivity index (χ4v) is 5.08. The van der Waals surface area contributed by atoms with Gasteiger partial charge < -0.3 is 13.9 Å². The molecule has 2 aromatic carbocycles. The first-order valence-electron chi connectivity index (χ1n) is 12.2. The number of aryl methyl sites for hydroxylation is 3. The average Bonchev–Trinajstić information content (AvgIpc) is 3.48. The Hall–Kier alpha value is -3.34. The molecule has 1 aromatic heterocycles.